The van der Waals surface area contributed by atoms with Gasteiger partial charge in [0.25, 0.3) is 17.0 Å². The fourth-order valence-corrected chi connectivity index (χ4v) is 5.18. The molecule has 178 valence electrons. The molecule has 2 aliphatic rings. The van der Waals surface area contributed by atoms with E-state index in [0.29, 0.717) is 17.2 Å². The Hall–Kier alpha value is -2.71. The molecule has 15 heteroatoms. The maximum Gasteiger partial charge on any atom is 0.422 e. The van der Waals surface area contributed by atoms with Crippen LogP contribution >= 0.6 is 34.7 Å². The fraction of sp³-hybridized carbons (Fsp3) is 0.500. The van der Waals surface area contributed by atoms with Gasteiger partial charge in [-0.3, -0.25) is 4.79 Å². The van der Waals surface area contributed by atoms with Gasteiger partial charge in [0.15, 0.2) is 10.8 Å². The average molecular weight is 519 g/mol. The van der Waals surface area contributed by atoms with Gasteiger partial charge in [-0.15, -0.1) is 4.58 Å². The van der Waals surface area contributed by atoms with Crippen molar-refractivity contribution in [2.24, 2.45) is 5.16 Å². The number of thiazole rings is 1. The van der Waals surface area contributed by atoms with Gasteiger partial charge in [-0.2, -0.15) is 0 Å². The number of nitrogen functional groups attached to an aromatic ring is 1. The Bertz CT molecular complexity index is 1080. The van der Waals surface area contributed by atoms with Crippen LogP contribution in [0.3, 0.4) is 0 Å². The van der Waals surface area contributed by atoms with Crippen LogP contribution in [0.15, 0.2) is 5.16 Å². The zero-order valence-corrected chi connectivity index (χ0v) is 20.2. The fourth-order valence-electron chi connectivity index (χ4n) is 3.02. The van der Waals surface area contributed by atoms with Crippen LogP contribution < -0.4 is 11.1 Å². The predicted molar refractivity (Wildman–Crippen MR) is 121 cm³/mol. The summed E-state index contributed by atoms with van der Waals surface area (Å²) in [5, 5.41) is 16.0. The maximum absolute atomic E-state index is 13.0. The quantitative estimate of drug-likeness (QED) is 0.199. The molecule has 2 aliphatic heterocycles. The summed E-state index contributed by atoms with van der Waals surface area (Å²) in [6.07, 6.45) is 0.300. The molecule has 0 saturated carbocycles. The lowest BCUT2D eigenvalue weighted by atomic mass is 10.1. The van der Waals surface area contributed by atoms with Crippen LogP contribution in [0.1, 0.15) is 32.9 Å². The highest BCUT2D eigenvalue weighted by Gasteiger charge is 2.58. The lowest BCUT2D eigenvalue weighted by Gasteiger charge is -2.29. The topological polar surface area (TPSA) is 173 Å². The molecule has 2 amide bonds. The number of carboxylic acid groups (broad SMARTS) is 1. The van der Waals surface area contributed by atoms with Crippen LogP contribution in [-0.2, 0) is 28.8 Å². The van der Waals surface area contributed by atoms with Crippen LogP contribution in [0.25, 0.3) is 0 Å². The number of halogens is 1. The van der Waals surface area contributed by atoms with E-state index < -0.39 is 53.8 Å². The Morgan fingerprint density at radius 1 is 1.39 bits per heavy atom. The van der Waals surface area contributed by atoms with Crippen molar-refractivity contribution in [2.45, 2.75) is 44.9 Å². The number of carbonyl (C=O) groups is 4. The number of nitrogens with one attached hydrogen (secondary N) is 1. The first-order valence-corrected chi connectivity index (χ1v) is 11.8. The SMILES string of the molecule is CC(C)(C)OC(=O)CON=C(C(=O)NC1C(=O)[N+]2=C1SCCC2C(=O)O)c1nc(N)sc1Cl. The molecule has 0 radical (unpaired) electrons. The summed E-state index contributed by atoms with van der Waals surface area (Å²) < 4.78 is 6.32. The second-order valence-electron chi connectivity index (χ2n) is 7.92. The van der Waals surface area contributed by atoms with Crippen LogP contribution in [-0.4, -0.2) is 79.2 Å². The lowest BCUT2D eigenvalue weighted by Crippen LogP contribution is -2.66. The number of carboxylic acids is 1. The molecule has 0 aliphatic carbocycles. The zero-order valence-electron chi connectivity index (χ0n) is 17.8. The van der Waals surface area contributed by atoms with Gasteiger partial charge in [-0.05, 0) is 20.8 Å². The van der Waals surface area contributed by atoms with Gasteiger partial charge in [0.05, 0.1) is 0 Å². The first-order chi connectivity index (χ1) is 15.4. The number of amides is 2. The van der Waals surface area contributed by atoms with Crippen molar-refractivity contribution in [3.63, 3.8) is 0 Å². The van der Waals surface area contributed by atoms with E-state index in [2.05, 4.69) is 15.5 Å². The minimum atomic E-state index is -1.12. The van der Waals surface area contributed by atoms with Gasteiger partial charge < -0.3 is 25.7 Å². The van der Waals surface area contributed by atoms with Gasteiger partial charge in [0.2, 0.25) is 12.6 Å². The van der Waals surface area contributed by atoms with E-state index in [1.54, 1.807) is 20.8 Å². The number of oxime groups is 1. The number of nitrogens with two attached hydrogens (primary N) is 1. The first kappa shape index (κ1) is 24.9. The third-order valence-corrected chi connectivity index (χ3v) is 6.53. The normalized spacial score (nSPS) is 20.6. The molecule has 0 fully saturated rings. The molecular formula is C18H21ClN5O7S2+. The molecule has 2 unspecified atom stereocenters. The largest absolute Gasteiger partial charge is 0.476 e. The van der Waals surface area contributed by atoms with Crippen LogP contribution in [0.5, 0.6) is 0 Å². The number of rotatable bonds is 7. The number of carbonyl (C=O) groups excluding carboxylic acids is 3. The second kappa shape index (κ2) is 9.65. The van der Waals surface area contributed by atoms with Gasteiger partial charge >= 0.3 is 17.8 Å². The number of thioether (sulfide) groups is 1. The van der Waals surface area contributed by atoms with Crippen molar-refractivity contribution in [3.05, 3.63) is 10.0 Å². The molecular weight excluding hydrogens is 498 g/mol. The minimum absolute atomic E-state index is 0.0504. The third kappa shape index (κ3) is 5.62. The Labute approximate surface area is 201 Å². The smallest absolute Gasteiger partial charge is 0.422 e. The molecule has 1 aromatic heterocycles. The number of hydrogen-bond acceptors (Lipinski definition) is 11. The third-order valence-electron chi connectivity index (χ3n) is 4.28. The second-order valence-corrected chi connectivity index (χ2v) is 10.7. The average Bonchev–Trinajstić information content (AvgIpc) is 3.04. The molecule has 33 heavy (non-hydrogen) atoms. The van der Waals surface area contributed by atoms with E-state index in [1.807, 2.05) is 0 Å². The summed E-state index contributed by atoms with van der Waals surface area (Å²) >= 11 is 8.29. The van der Waals surface area contributed by atoms with Gasteiger partial charge in [-0.1, -0.05) is 39.9 Å². The van der Waals surface area contributed by atoms with Crippen molar-refractivity contribution in [1.29, 1.82) is 0 Å². The Morgan fingerprint density at radius 2 is 2.09 bits per heavy atom. The summed E-state index contributed by atoms with van der Waals surface area (Å²) in [4.78, 5) is 57.7. The summed E-state index contributed by atoms with van der Waals surface area (Å²) in [6, 6.07) is -2.02. The predicted octanol–water partition coefficient (Wildman–Crippen LogP) is 0.467. The Balaban J connectivity index is 1.79. The van der Waals surface area contributed by atoms with E-state index in [-0.39, 0.29) is 15.2 Å². The highest BCUT2D eigenvalue weighted by molar-refractivity contribution is 8.14. The van der Waals surface area contributed by atoms with Crippen LogP contribution in [0, 0.1) is 0 Å². The summed E-state index contributed by atoms with van der Waals surface area (Å²) in [6.45, 7) is 4.45. The Kier molecular flexibility index (Phi) is 7.29. The van der Waals surface area contributed by atoms with E-state index in [4.69, 9.17) is 26.9 Å². The number of aromatic nitrogens is 1. The molecule has 3 heterocycles. The minimum Gasteiger partial charge on any atom is -0.476 e. The van der Waals surface area contributed by atoms with E-state index >= 15 is 0 Å². The number of aliphatic carboxylic acids is 1. The van der Waals surface area contributed by atoms with Crippen molar-refractivity contribution < 1.29 is 38.4 Å². The highest BCUT2D eigenvalue weighted by atomic mass is 35.5. The van der Waals surface area contributed by atoms with E-state index in [0.717, 1.165) is 15.9 Å². The monoisotopic (exact) mass is 518 g/mol. The number of ether oxygens (including phenoxy) is 1. The molecule has 0 bridgehead atoms. The molecule has 0 spiro atoms. The Morgan fingerprint density at radius 3 is 2.67 bits per heavy atom. The molecule has 2 atom stereocenters. The molecule has 0 saturated heterocycles. The molecule has 1 aromatic rings. The van der Waals surface area contributed by atoms with Crippen molar-refractivity contribution >= 4 is 74.3 Å². The number of anilines is 1. The van der Waals surface area contributed by atoms with Crippen molar-refractivity contribution in [1.82, 2.24) is 10.3 Å². The highest BCUT2D eigenvalue weighted by Crippen LogP contribution is 2.29. The number of nitrogens with zero attached hydrogens (tertiary/aromatic N) is 3. The lowest BCUT2D eigenvalue weighted by molar-refractivity contribution is -0.495. The standard InChI is InChI=1S/C18H20ClN5O7S2/c1-18(2,3)31-8(25)6-30-23-10(9-12(19)33-17(20)22-9)13(26)21-11-14(27)24-7(16(28)29)4-5-32-15(11)24/h7,11H,4-6H2,1-3H3,(H3-,20,21,22,26,28,29)/p+1. The number of hydrogen-bond donors (Lipinski definition) is 3. The van der Waals surface area contributed by atoms with Gasteiger partial charge in [0.1, 0.15) is 15.6 Å². The molecule has 3 rings (SSSR count). The van der Waals surface area contributed by atoms with Gasteiger partial charge in [-0.25, -0.2) is 19.4 Å². The first-order valence-electron chi connectivity index (χ1n) is 9.59. The number of esters is 1. The summed E-state index contributed by atoms with van der Waals surface area (Å²) in [7, 11) is 0. The molecule has 12 nitrogen and oxygen atoms in total. The van der Waals surface area contributed by atoms with Crippen molar-refractivity contribution in [3.8, 4) is 0 Å². The van der Waals surface area contributed by atoms with E-state index in [1.165, 1.54) is 11.8 Å². The van der Waals surface area contributed by atoms with Crippen molar-refractivity contribution in [2.75, 3.05) is 18.1 Å². The van der Waals surface area contributed by atoms with E-state index in [9.17, 15) is 24.3 Å². The van der Waals surface area contributed by atoms with Gasteiger partial charge in [0, 0.05) is 12.2 Å². The maximum atomic E-state index is 13.0. The molecule has 0 aromatic carbocycles. The van der Waals surface area contributed by atoms with Crippen LogP contribution in [0.4, 0.5) is 5.13 Å². The van der Waals surface area contributed by atoms with Crippen LogP contribution in [0.2, 0.25) is 4.34 Å². The zero-order chi connectivity index (χ0) is 24.5. The summed E-state index contributed by atoms with van der Waals surface area (Å²) in [5.41, 5.74) is 4.42. The summed E-state index contributed by atoms with van der Waals surface area (Å²) in [5.74, 6) is -2.77. The molecule has 4 N–H and O–H groups in total.